The number of nitrogens with one attached hydrogen (secondary N) is 2. The van der Waals surface area contributed by atoms with Gasteiger partial charge in [0, 0.05) is 28.1 Å². The van der Waals surface area contributed by atoms with Crippen molar-refractivity contribution < 1.29 is 9.59 Å². The molecule has 4 nitrogen and oxygen atoms in total. The van der Waals surface area contributed by atoms with Gasteiger partial charge in [0.25, 0.3) is 5.91 Å². The summed E-state index contributed by atoms with van der Waals surface area (Å²) in [5.41, 5.74) is 2.11. The van der Waals surface area contributed by atoms with E-state index in [4.69, 9.17) is 11.6 Å². The number of anilines is 1. The number of hydrogen-bond acceptors (Lipinski definition) is 2. The van der Waals surface area contributed by atoms with Crippen LogP contribution in [-0.4, -0.2) is 11.8 Å². The minimum absolute atomic E-state index is 0.0125. The molecule has 0 aliphatic carbocycles. The van der Waals surface area contributed by atoms with Crippen LogP contribution in [0.25, 0.3) is 0 Å². The number of rotatable bonds is 6. The Morgan fingerprint density at radius 2 is 1.96 bits per heavy atom. The monoisotopic (exact) mass is 408 g/mol. The molecular weight excluding hydrogens is 392 g/mol. The van der Waals surface area contributed by atoms with Crippen LogP contribution < -0.4 is 10.6 Å². The Morgan fingerprint density at radius 3 is 2.71 bits per heavy atom. The highest BCUT2D eigenvalue weighted by Gasteiger charge is 2.10. The molecule has 6 heteroatoms. The Balaban J connectivity index is 2.00. The lowest BCUT2D eigenvalue weighted by molar-refractivity contribution is -0.116. The van der Waals surface area contributed by atoms with E-state index in [9.17, 15) is 9.59 Å². The highest BCUT2D eigenvalue weighted by Crippen LogP contribution is 2.21. The first kappa shape index (κ1) is 18.5. The molecule has 0 radical (unpaired) electrons. The zero-order valence-electron chi connectivity index (χ0n) is 13.2. The Morgan fingerprint density at radius 1 is 1.17 bits per heavy atom. The minimum atomic E-state index is -0.218. The van der Waals surface area contributed by atoms with Gasteiger partial charge in [0.1, 0.15) is 0 Å². The van der Waals surface area contributed by atoms with Gasteiger partial charge in [0.15, 0.2) is 0 Å². The van der Waals surface area contributed by atoms with E-state index in [1.807, 2.05) is 31.2 Å². The molecule has 0 heterocycles. The Bertz CT molecular complexity index is 750. The Hall–Kier alpha value is -1.85. The molecule has 2 amide bonds. The van der Waals surface area contributed by atoms with E-state index >= 15 is 0 Å². The molecule has 0 unspecified atom stereocenters. The molecule has 0 spiro atoms. The molecule has 0 aliphatic heterocycles. The second-order valence-electron chi connectivity index (χ2n) is 5.31. The predicted molar refractivity (Wildman–Crippen MR) is 100 cm³/mol. The molecule has 2 N–H and O–H groups in total. The summed E-state index contributed by atoms with van der Waals surface area (Å²) in [6.45, 7) is 2.31. The molecule has 0 saturated carbocycles. The van der Waals surface area contributed by atoms with Crippen LogP contribution in [-0.2, 0) is 11.3 Å². The van der Waals surface area contributed by atoms with E-state index in [2.05, 4.69) is 26.6 Å². The SMILES string of the molecule is CCCC(=O)Nc1cccc(CNC(=O)c2cc(Cl)ccc2Br)c1. The van der Waals surface area contributed by atoms with Crippen LogP contribution in [0.3, 0.4) is 0 Å². The van der Waals surface area contributed by atoms with Crippen molar-refractivity contribution in [2.75, 3.05) is 5.32 Å². The molecule has 0 saturated heterocycles. The van der Waals surface area contributed by atoms with Gasteiger partial charge >= 0.3 is 0 Å². The molecule has 2 aromatic carbocycles. The predicted octanol–water partition coefficient (Wildman–Crippen LogP) is 4.77. The number of benzene rings is 2. The number of hydrogen-bond donors (Lipinski definition) is 2. The first-order valence-corrected chi connectivity index (χ1v) is 8.78. The third-order valence-corrected chi connectivity index (χ3v) is 4.24. The van der Waals surface area contributed by atoms with Crippen molar-refractivity contribution in [3.63, 3.8) is 0 Å². The molecule has 0 aliphatic rings. The molecule has 24 heavy (non-hydrogen) atoms. The van der Waals surface area contributed by atoms with Gasteiger partial charge < -0.3 is 10.6 Å². The van der Waals surface area contributed by atoms with Crippen molar-refractivity contribution >= 4 is 45.0 Å². The normalized spacial score (nSPS) is 10.3. The fourth-order valence-corrected chi connectivity index (χ4v) is 2.76. The lowest BCUT2D eigenvalue weighted by atomic mass is 10.1. The number of halogens is 2. The second-order valence-corrected chi connectivity index (χ2v) is 6.60. The quantitative estimate of drug-likeness (QED) is 0.722. The maximum atomic E-state index is 12.3. The third-order valence-electron chi connectivity index (χ3n) is 3.31. The number of carbonyl (C=O) groups is 2. The summed E-state index contributed by atoms with van der Waals surface area (Å²) in [5, 5.41) is 6.19. The summed E-state index contributed by atoms with van der Waals surface area (Å²) < 4.78 is 0.685. The van der Waals surface area contributed by atoms with Crippen LogP contribution in [0.15, 0.2) is 46.9 Å². The molecule has 2 rings (SSSR count). The molecule has 0 atom stereocenters. The summed E-state index contributed by atoms with van der Waals surface area (Å²) in [6.07, 6.45) is 1.29. The van der Waals surface area contributed by atoms with E-state index in [0.717, 1.165) is 17.7 Å². The van der Waals surface area contributed by atoms with Crippen LogP contribution in [0, 0.1) is 0 Å². The highest BCUT2D eigenvalue weighted by molar-refractivity contribution is 9.10. The fraction of sp³-hybridized carbons (Fsp3) is 0.222. The van der Waals surface area contributed by atoms with Gasteiger partial charge in [0.2, 0.25) is 5.91 Å². The van der Waals surface area contributed by atoms with Crippen molar-refractivity contribution in [3.8, 4) is 0 Å². The van der Waals surface area contributed by atoms with E-state index in [1.54, 1.807) is 18.2 Å². The summed E-state index contributed by atoms with van der Waals surface area (Å²) in [7, 11) is 0. The second kappa shape index (κ2) is 8.85. The van der Waals surface area contributed by atoms with Crippen molar-refractivity contribution in [1.82, 2.24) is 5.32 Å². The van der Waals surface area contributed by atoms with Crippen molar-refractivity contribution in [1.29, 1.82) is 0 Å². The maximum Gasteiger partial charge on any atom is 0.252 e. The van der Waals surface area contributed by atoms with Gasteiger partial charge in [-0.25, -0.2) is 0 Å². The van der Waals surface area contributed by atoms with Gasteiger partial charge in [-0.3, -0.25) is 9.59 Å². The highest BCUT2D eigenvalue weighted by atomic mass is 79.9. The Labute approximate surface area is 154 Å². The fourth-order valence-electron chi connectivity index (χ4n) is 2.16. The van der Waals surface area contributed by atoms with Gasteiger partial charge in [0.05, 0.1) is 5.56 Å². The van der Waals surface area contributed by atoms with Gasteiger partial charge in [-0.1, -0.05) is 30.7 Å². The van der Waals surface area contributed by atoms with E-state index in [-0.39, 0.29) is 11.8 Å². The van der Waals surface area contributed by atoms with Gasteiger partial charge in [-0.05, 0) is 58.2 Å². The molecular formula is C18H18BrClN2O2. The van der Waals surface area contributed by atoms with E-state index in [0.29, 0.717) is 28.0 Å². The zero-order chi connectivity index (χ0) is 17.5. The van der Waals surface area contributed by atoms with Crippen molar-refractivity contribution in [3.05, 3.63) is 63.1 Å². The van der Waals surface area contributed by atoms with E-state index < -0.39 is 0 Å². The van der Waals surface area contributed by atoms with Crippen LogP contribution >= 0.6 is 27.5 Å². The first-order valence-electron chi connectivity index (χ1n) is 7.61. The maximum absolute atomic E-state index is 12.3. The first-order chi connectivity index (χ1) is 11.5. The Kier molecular flexibility index (Phi) is 6.82. The van der Waals surface area contributed by atoms with Gasteiger partial charge in [-0.2, -0.15) is 0 Å². The minimum Gasteiger partial charge on any atom is -0.348 e. The molecule has 0 fully saturated rings. The van der Waals surface area contributed by atoms with Crippen LogP contribution in [0.1, 0.15) is 35.7 Å². The lowest BCUT2D eigenvalue weighted by Gasteiger charge is -2.09. The van der Waals surface area contributed by atoms with E-state index in [1.165, 1.54) is 0 Å². The molecule has 0 aromatic heterocycles. The summed E-state index contributed by atoms with van der Waals surface area (Å²) in [5.74, 6) is -0.230. The van der Waals surface area contributed by atoms with Crippen molar-refractivity contribution in [2.45, 2.75) is 26.3 Å². The van der Waals surface area contributed by atoms with Crippen LogP contribution in [0.5, 0.6) is 0 Å². The smallest absolute Gasteiger partial charge is 0.252 e. The average Bonchev–Trinajstić information content (AvgIpc) is 2.55. The average molecular weight is 410 g/mol. The summed E-state index contributed by atoms with van der Waals surface area (Å²) >= 11 is 9.28. The topological polar surface area (TPSA) is 58.2 Å². The number of amides is 2. The summed E-state index contributed by atoms with van der Waals surface area (Å²) in [4.78, 5) is 23.9. The molecule has 126 valence electrons. The largest absolute Gasteiger partial charge is 0.348 e. The standard InChI is InChI=1S/C18H18BrClN2O2/c1-2-4-17(23)22-14-6-3-5-12(9-14)11-21-18(24)15-10-13(20)7-8-16(15)19/h3,5-10H,2,4,11H2,1H3,(H,21,24)(H,22,23). The molecule has 2 aromatic rings. The molecule has 0 bridgehead atoms. The van der Waals surface area contributed by atoms with Crippen LogP contribution in [0.4, 0.5) is 5.69 Å². The summed E-state index contributed by atoms with van der Waals surface area (Å²) in [6, 6.07) is 12.5. The lowest BCUT2D eigenvalue weighted by Crippen LogP contribution is -2.23. The number of carbonyl (C=O) groups excluding carboxylic acids is 2. The van der Waals surface area contributed by atoms with Gasteiger partial charge in [-0.15, -0.1) is 0 Å². The third kappa shape index (κ3) is 5.35. The zero-order valence-corrected chi connectivity index (χ0v) is 15.6. The van der Waals surface area contributed by atoms with Crippen LogP contribution in [0.2, 0.25) is 5.02 Å². The van der Waals surface area contributed by atoms with Crippen molar-refractivity contribution in [2.24, 2.45) is 0 Å².